The van der Waals surface area contributed by atoms with Gasteiger partial charge in [-0.2, -0.15) is 0 Å². The number of carbonyl (C=O) groups is 2. The molecule has 0 radical (unpaired) electrons. The first-order valence-electron chi connectivity index (χ1n) is 8.23. The van der Waals surface area contributed by atoms with Gasteiger partial charge in [0.2, 0.25) is 5.91 Å². The van der Waals surface area contributed by atoms with Gasteiger partial charge < -0.3 is 15.2 Å². The van der Waals surface area contributed by atoms with Crippen molar-refractivity contribution in [2.24, 2.45) is 7.05 Å². The number of aromatic nitrogens is 3. The molecule has 7 heteroatoms. The highest BCUT2D eigenvalue weighted by molar-refractivity contribution is 6.07. The van der Waals surface area contributed by atoms with E-state index in [0.29, 0.717) is 29.2 Å². The Hall–Kier alpha value is -3.48. The Labute approximate surface area is 151 Å². The van der Waals surface area contributed by atoms with Crippen LogP contribution in [0.3, 0.4) is 0 Å². The summed E-state index contributed by atoms with van der Waals surface area (Å²) in [4.78, 5) is 24.2. The molecule has 0 fully saturated rings. The fourth-order valence-corrected chi connectivity index (χ4v) is 2.50. The van der Waals surface area contributed by atoms with Gasteiger partial charge in [-0.3, -0.25) is 9.59 Å². The van der Waals surface area contributed by atoms with Crippen LogP contribution in [0.1, 0.15) is 23.7 Å². The Bertz CT molecular complexity index is 948. The van der Waals surface area contributed by atoms with Crippen LogP contribution in [0.4, 0.5) is 11.4 Å². The molecule has 3 aromatic rings. The Morgan fingerprint density at radius 1 is 1.08 bits per heavy atom. The van der Waals surface area contributed by atoms with Crippen LogP contribution in [0.2, 0.25) is 0 Å². The van der Waals surface area contributed by atoms with Gasteiger partial charge in [0.15, 0.2) is 5.82 Å². The van der Waals surface area contributed by atoms with Crippen molar-refractivity contribution in [3.8, 4) is 11.4 Å². The third kappa shape index (κ3) is 3.77. The predicted molar refractivity (Wildman–Crippen MR) is 99.8 cm³/mol. The molecule has 0 saturated carbocycles. The molecular formula is C19H19N5O2. The zero-order valence-corrected chi connectivity index (χ0v) is 14.6. The van der Waals surface area contributed by atoms with Crippen molar-refractivity contribution in [3.63, 3.8) is 0 Å². The number of hydrogen-bond acceptors (Lipinski definition) is 4. The maximum atomic E-state index is 12.7. The zero-order chi connectivity index (χ0) is 18.5. The van der Waals surface area contributed by atoms with Crippen LogP contribution in [0.15, 0.2) is 54.9 Å². The SMILES string of the molecule is CCC(=O)Nc1cccc(C(=O)Nc2ccccc2-c2nncn2C)c1. The number of rotatable bonds is 5. The highest BCUT2D eigenvalue weighted by Crippen LogP contribution is 2.26. The van der Waals surface area contributed by atoms with E-state index in [4.69, 9.17) is 0 Å². The molecule has 0 spiro atoms. The third-order valence-electron chi connectivity index (χ3n) is 3.86. The molecule has 1 aromatic heterocycles. The number of aryl methyl sites for hydroxylation is 1. The first-order valence-corrected chi connectivity index (χ1v) is 8.23. The molecule has 0 saturated heterocycles. The lowest BCUT2D eigenvalue weighted by molar-refractivity contribution is -0.115. The van der Waals surface area contributed by atoms with Gasteiger partial charge in [0.1, 0.15) is 6.33 Å². The van der Waals surface area contributed by atoms with Crippen LogP contribution in [-0.2, 0) is 11.8 Å². The number of para-hydroxylation sites is 1. The molecule has 26 heavy (non-hydrogen) atoms. The normalized spacial score (nSPS) is 10.4. The second-order valence-corrected chi connectivity index (χ2v) is 5.75. The number of amides is 2. The molecule has 0 aliphatic rings. The van der Waals surface area contributed by atoms with Crippen LogP contribution in [0.5, 0.6) is 0 Å². The molecule has 0 aliphatic carbocycles. The number of carbonyl (C=O) groups excluding carboxylic acids is 2. The minimum absolute atomic E-state index is 0.102. The monoisotopic (exact) mass is 349 g/mol. The largest absolute Gasteiger partial charge is 0.326 e. The van der Waals surface area contributed by atoms with Crippen molar-refractivity contribution >= 4 is 23.2 Å². The summed E-state index contributed by atoms with van der Waals surface area (Å²) in [7, 11) is 1.84. The van der Waals surface area contributed by atoms with Crippen molar-refractivity contribution in [2.45, 2.75) is 13.3 Å². The smallest absolute Gasteiger partial charge is 0.255 e. The Kier molecular flexibility index (Phi) is 5.07. The molecule has 132 valence electrons. The van der Waals surface area contributed by atoms with E-state index in [1.807, 2.05) is 31.3 Å². The van der Waals surface area contributed by atoms with Gasteiger partial charge in [-0.25, -0.2) is 0 Å². The lowest BCUT2D eigenvalue weighted by atomic mass is 10.1. The summed E-state index contributed by atoms with van der Waals surface area (Å²) in [6.07, 6.45) is 1.98. The summed E-state index contributed by atoms with van der Waals surface area (Å²) < 4.78 is 1.78. The van der Waals surface area contributed by atoms with Gasteiger partial charge in [-0.1, -0.05) is 25.1 Å². The summed E-state index contributed by atoms with van der Waals surface area (Å²) in [6.45, 7) is 1.77. The van der Waals surface area contributed by atoms with Gasteiger partial charge in [0.25, 0.3) is 5.91 Å². The van der Waals surface area contributed by atoms with Crippen molar-refractivity contribution in [1.29, 1.82) is 0 Å². The lowest BCUT2D eigenvalue weighted by Gasteiger charge is -2.11. The van der Waals surface area contributed by atoms with E-state index in [1.165, 1.54) is 0 Å². The average Bonchev–Trinajstić information content (AvgIpc) is 3.08. The van der Waals surface area contributed by atoms with Gasteiger partial charge in [-0.15, -0.1) is 10.2 Å². The summed E-state index contributed by atoms with van der Waals surface area (Å²) in [5, 5.41) is 13.6. The quantitative estimate of drug-likeness (QED) is 0.741. The third-order valence-corrected chi connectivity index (χ3v) is 3.86. The van der Waals surface area contributed by atoms with Crippen molar-refractivity contribution in [1.82, 2.24) is 14.8 Å². The average molecular weight is 349 g/mol. The summed E-state index contributed by atoms with van der Waals surface area (Å²) in [6, 6.07) is 14.2. The molecule has 1 heterocycles. The molecule has 0 bridgehead atoms. The fraction of sp³-hybridized carbons (Fsp3) is 0.158. The lowest BCUT2D eigenvalue weighted by Crippen LogP contribution is -2.14. The van der Waals surface area contributed by atoms with E-state index in [1.54, 1.807) is 42.1 Å². The van der Waals surface area contributed by atoms with E-state index in [2.05, 4.69) is 20.8 Å². The first-order chi connectivity index (χ1) is 12.6. The van der Waals surface area contributed by atoms with E-state index in [9.17, 15) is 9.59 Å². The first kappa shape index (κ1) is 17.3. The molecule has 0 atom stereocenters. The number of anilines is 2. The van der Waals surface area contributed by atoms with Crippen molar-refractivity contribution < 1.29 is 9.59 Å². The molecule has 7 nitrogen and oxygen atoms in total. The second-order valence-electron chi connectivity index (χ2n) is 5.75. The van der Waals surface area contributed by atoms with E-state index in [0.717, 1.165) is 5.56 Å². The number of nitrogens with one attached hydrogen (secondary N) is 2. The maximum Gasteiger partial charge on any atom is 0.255 e. The number of benzene rings is 2. The van der Waals surface area contributed by atoms with Crippen molar-refractivity contribution in [2.75, 3.05) is 10.6 Å². The fourth-order valence-electron chi connectivity index (χ4n) is 2.50. The van der Waals surface area contributed by atoms with Crippen molar-refractivity contribution in [3.05, 3.63) is 60.4 Å². The van der Waals surface area contributed by atoms with Gasteiger partial charge in [0.05, 0.1) is 5.69 Å². The Morgan fingerprint density at radius 2 is 1.88 bits per heavy atom. The molecule has 0 unspecified atom stereocenters. The van der Waals surface area contributed by atoms with Crippen LogP contribution in [0, 0.1) is 0 Å². The van der Waals surface area contributed by atoms with Crippen LogP contribution < -0.4 is 10.6 Å². The molecular weight excluding hydrogens is 330 g/mol. The summed E-state index contributed by atoms with van der Waals surface area (Å²) >= 11 is 0. The minimum atomic E-state index is -0.271. The van der Waals surface area contributed by atoms with Gasteiger partial charge >= 0.3 is 0 Å². The molecule has 2 N–H and O–H groups in total. The van der Waals surface area contributed by atoms with Crippen LogP contribution >= 0.6 is 0 Å². The Balaban J connectivity index is 1.84. The number of nitrogens with zero attached hydrogens (tertiary/aromatic N) is 3. The van der Waals surface area contributed by atoms with Gasteiger partial charge in [0, 0.05) is 30.3 Å². The molecule has 0 aliphatic heterocycles. The second kappa shape index (κ2) is 7.60. The molecule has 2 amide bonds. The summed E-state index contributed by atoms with van der Waals surface area (Å²) in [5.74, 6) is 0.285. The highest BCUT2D eigenvalue weighted by Gasteiger charge is 2.13. The van der Waals surface area contributed by atoms with E-state index >= 15 is 0 Å². The van der Waals surface area contributed by atoms with E-state index in [-0.39, 0.29) is 11.8 Å². The van der Waals surface area contributed by atoms with Crippen LogP contribution in [-0.4, -0.2) is 26.6 Å². The maximum absolute atomic E-state index is 12.7. The van der Waals surface area contributed by atoms with E-state index < -0.39 is 0 Å². The standard InChI is InChI=1S/C19H19N5O2/c1-3-17(25)21-14-8-6-7-13(11-14)19(26)22-16-10-5-4-9-15(16)18-23-20-12-24(18)2/h4-12H,3H2,1-2H3,(H,21,25)(H,22,26). The topological polar surface area (TPSA) is 88.9 Å². The zero-order valence-electron chi connectivity index (χ0n) is 14.6. The molecule has 2 aromatic carbocycles. The summed E-state index contributed by atoms with van der Waals surface area (Å²) in [5.41, 5.74) is 2.45. The minimum Gasteiger partial charge on any atom is -0.326 e. The highest BCUT2D eigenvalue weighted by atomic mass is 16.2. The Morgan fingerprint density at radius 3 is 2.62 bits per heavy atom. The molecule has 3 rings (SSSR count). The number of hydrogen-bond donors (Lipinski definition) is 2. The van der Waals surface area contributed by atoms with Crippen LogP contribution in [0.25, 0.3) is 11.4 Å². The predicted octanol–water partition coefficient (Wildman–Crippen LogP) is 3.08. The van der Waals surface area contributed by atoms with Gasteiger partial charge in [-0.05, 0) is 30.3 Å².